The van der Waals surface area contributed by atoms with Crippen LogP contribution in [0, 0.1) is 0 Å². The molecule has 1 fully saturated rings. The van der Waals surface area contributed by atoms with Crippen molar-refractivity contribution in [1.29, 1.82) is 0 Å². The van der Waals surface area contributed by atoms with Crippen molar-refractivity contribution < 1.29 is 18.3 Å². The zero-order chi connectivity index (χ0) is 23.4. The maximum absolute atomic E-state index is 13.5. The first kappa shape index (κ1) is 22.7. The summed E-state index contributed by atoms with van der Waals surface area (Å²) in [6.07, 6.45) is 8.47. The summed E-state index contributed by atoms with van der Waals surface area (Å²) in [6.45, 7) is 3.52. The largest absolute Gasteiger partial charge is 0.478 e. The third kappa shape index (κ3) is 4.98. The van der Waals surface area contributed by atoms with Crippen LogP contribution >= 0.6 is 0 Å². The predicted octanol–water partition coefficient (Wildman–Crippen LogP) is 4.20. The van der Waals surface area contributed by atoms with Gasteiger partial charge in [-0.2, -0.15) is 0 Å². The third-order valence-corrected chi connectivity index (χ3v) is 7.23. The molecule has 8 nitrogen and oxygen atoms in total. The molecule has 1 aliphatic heterocycles. The lowest BCUT2D eigenvalue weighted by Crippen LogP contribution is -2.30. The van der Waals surface area contributed by atoms with E-state index in [-0.39, 0.29) is 10.5 Å². The lowest BCUT2D eigenvalue weighted by Gasteiger charge is -2.31. The zero-order valence-electron chi connectivity index (χ0n) is 18.4. The van der Waals surface area contributed by atoms with Crippen LogP contribution in [-0.2, 0) is 16.4 Å². The van der Waals surface area contributed by atoms with Gasteiger partial charge in [-0.25, -0.2) is 13.2 Å². The molecule has 0 spiro atoms. The minimum atomic E-state index is -4.05. The highest BCUT2D eigenvalue weighted by Gasteiger charge is 2.24. The Hall–Kier alpha value is -3.46. The number of piperidine rings is 1. The van der Waals surface area contributed by atoms with Gasteiger partial charge in [0.05, 0.1) is 33.7 Å². The molecule has 0 radical (unpaired) electrons. The zero-order valence-corrected chi connectivity index (χ0v) is 19.2. The standard InChI is InChI=1S/C24H26N4O4S/c1-2-17-6-7-19(24(29)30)15-23(17)33(31,32)27-20-14-18(21-16-25-10-11-26-21)8-9-22(20)28-12-4-3-5-13-28/h6-11,14-16,27H,2-5,12-13H2,1H3,(H,29,30). The molecule has 2 aromatic carbocycles. The highest BCUT2D eigenvalue weighted by molar-refractivity contribution is 7.92. The molecule has 1 aliphatic rings. The molecule has 3 aromatic rings. The van der Waals surface area contributed by atoms with E-state index >= 15 is 0 Å². The number of aromatic nitrogens is 2. The van der Waals surface area contributed by atoms with E-state index < -0.39 is 16.0 Å². The van der Waals surface area contributed by atoms with Crippen molar-refractivity contribution in [3.05, 3.63) is 66.1 Å². The van der Waals surface area contributed by atoms with E-state index in [1.54, 1.807) is 30.7 Å². The molecule has 0 aliphatic carbocycles. The smallest absolute Gasteiger partial charge is 0.335 e. The van der Waals surface area contributed by atoms with Crippen molar-refractivity contribution in [3.63, 3.8) is 0 Å². The average molecular weight is 467 g/mol. The average Bonchev–Trinajstić information content (AvgIpc) is 2.84. The monoisotopic (exact) mass is 466 g/mol. The van der Waals surface area contributed by atoms with Gasteiger partial charge in [-0.3, -0.25) is 14.7 Å². The van der Waals surface area contributed by atoms with Crippen LogP contribution in [0.25, 0.3) is 11.3 Å². The molecule has 0 atom stereocenters. The Bertz CT molecular complexity index is 1260. The summed E-state index contributed by atoms with van der Waals surface area (Å²) >= 11 is 0. The van der Waals surface area contributed by atoms with Gasteiger partial charge in [0, 0.05) is 31.0 Å². The molecule has 33 heavy (non-hydrogen) atoms. The topological polar surface area (TPSA) is 112 Å². The second-order valence-electron chi connectivity index (χ2n) is 7.96. The van der Waals surface area contributed by atoms with Crippen molar-refractivity contribution in [2.24, 2.45) is 0 Å². The summed E-state index contributed by atoms with van der Waals surface area (Å²) in [6, 6.07) is 9.78. The van der Waals surface area contributed by atoms with Crippen LogP contribution in [0.1, 0.15) is 42.1 Å². The maximum atomic E-state index is 13.5. The predicted molar refractivity (Wildman–Crippen MR) is 127 cm³/mol. The Balaban J connectivity index is 1.79. The van der Waals surface area contributed by atoms with Crippen LogP contribution in [0.4, 0.5) is 11.4 Å². The molecule has 1 aromatic heterocycles. The number of carboxylic acid groups (broad SMARTS) is 1. The van der Waals surface area contributed by atoms with Gasteiger partial charge >= 0.3 is 5.97 Å². The van der Waals surface area contributed by atoms with E-state index in [2.05, 4.69) is 19.6 Å². The number of sulfonamides is 1. The van der Waals surface area contributed by atoms with E-state index in [4.69, 9.17) is 0 Å². The number of aryl methyl sites for hydroxylation is 1. The van der Waals surface area contributed by atoms with Gasteiger partial charge in [0.15, 0.2) is 0 Å². The maximum Gasteiger partial charge on any atom is 0.335 e. The normalized spacial score (nSPS) is 14.2. The highest BCUT2D eigenvalue weighted by atomic mass is 32.2. The molecule has 2 heterocycles. The van der Waals surface area contributed by atoms with Gasteiger partial charge in [0.25, 0.3) is 10.0 Å². The Morgan fingerprint density at radius 3 is 2.55 bits per heavy atom. The molecular weight excluding hydrogens is 440 g/mol. The fourth-order valence-corrected chi connectivity index (χ4v) is 5.47. The summed E-state index contributed by atoms with van der Waals surface area (Å²) in [5.41, 5.74) is 3.07. The van der Waals surface area contributed by atoms with Crippen molar-refractivity contribution in [2.75, 3.05) is 22.7 Å². The number of aromatic carboxylic acids is 1. The van der Waals surface area contributed by atoms with Crippen molar-refractivity contribution in [1.82, 2.24) is 9.97 Å². The second kappa shape index (κ2) is 9.58. The lowest BCUT2D eigenvalue weighted by molar-refractivity contribution is 0.0696. The molecular formula is C24H26N4O4S. The minimum absolute atomic E-state index is 0.0283. The first-order valence-electron chi connectivity index (χ1n) is 10.9. The Kier molecular flexibility index (Phi) is 6.60. The molecule has 9 heteroatoms. The SMILES string of the molecule is CCc1ccc(C(=O)O)cc1S(=O)(=O)Nc1cc(-c2cnccn2)ccc1N1CCCCC1. The number of nitrogens with one attached hydrogen (secondary N) is 1. The Morgan fingerprint density at radius 1 is 1.09 bits per heavy atom. The van der Waals surface area contributed by atoms with Crippen LogP contribution in [0.2, 0.25) is 0 Å². The summed E-state index contributed by atoms with van der Waals surface area (Å²) in [5, 5.41) is 9.37. The number of benzene rings is 2. The van der Waals surface area contributed by atoms with Crippen molar-refractivity contribution in [3.8, 4) is 11.3 Å². The van der Waals surface area contributed by atoms with Gasteiger partial charge in [-0.15, -0.1) is 0 Å². The van der Waals surface area contributed by atoms with Crippen LogP contribution in [0.5, 0.6) is 0 Å². The fraction of sp³-hybridized carbons (Fsp3) is 0.292. The van der Waals surface area contributed by atoms with Gasteiger partial charge in [-0.05, 0) is 55.5 Å². The quantitative estimate of drug-likeness (QED) is 0.537. The molecule has 0 unspecified atom stereocenters. The second-order valence-corrected chi connectivity index (χ2v) is 9.61. The number of hydrogen-bond acceptors (Lipinski definition) is 6. The summed E-state index contributed by atoms with van der Waals surface area (Å²) < 4.78 is 29.7. The minimum Gasteiger partial charge on any atom is -0.478 e. The number of carboxylic acids is 1. The highest BCUT2D eigenvalue weighted by Crippen LogP contribution is 2.34. The van der Waals surface area contributed by atoms with Crippen LogP contribution in [-0.4, -0.2) is 42.6 Å². The molecule has 4 rings (SSSR count). The molecule has 2 N–H and O–H groups in total. The molecule has 0 amide bonds. The Morgan fingerprint density at radius 2 is 1.88 bits per heavy atom. The van der Waals surface area contributed by atoms with Crippen molar-refractivity contribution in [2.45, 2.75) is 37.5 Å². The number of anilines is 2. The van der Waals surface area contributed by atoms with E-state index in [1.165, 1.54) is 12.1 Å². The summed E-state index contributed by atoms with van der Waals surface area (Å²) in [4.78, 5) is 22.0. The van der Waals surface area contributed by atoms with Crippen LogP contribution in [0.15, 0.2) is 59.9 Å². The first-order valence-corrected chi connectivity index (χ1v) is 12.4. The molecule has 172 valence electrons. The van der Waals surface area contributed by atoms with E-state index in [9.17, 15) is 18.3 Å². The van der Waals surface area contributed by atoms with Crippen LogP contribution < -0.4 is 9.62 Å². The van der Waals surface area contributed by atoms with E-state index in [0.717, 1.165) is 43.6 Å². The first-order chi connectivity index (χ1) is 15.9. The molecule has 1 saturated heterocycles. The van der Waals surface area contributed by atoms with E-state index in [1.807, 2.05) is 19.1 Å². The number of nitrogens with zero attached hydrogens (tertiary/aromatic N) is 3. The van der Waals surface area contributed by atoms with Gasteiger partial charge in [0.1, 0.15) is 0 Å². The van der Waals surface area contributed by atoms with E-state index in [0.29, 0.717) is 23.4 Å². The van der Waals surface area contributed by atoms with Crippen LogP contribution in [0.3, 0.4) is 0 Å². The van der Waals surface area contributed by atoms with Gasteiger partial charge in [-0.1, -0.05) is 19.1 Å². The number of hydrogen-bond donors (Lipinski definition) is 2. The summed E-state index contributed by atoms with van der Waals surface area (Å²) in [5.74, 6) is -1.17. The Labute approximate surface area is 193 Å². The third-order valence-electron chi connectivity index (χ3n) is 5.78. The van der Waals surface area contributed by atoms with Gasteiger partial charge in [0.2, 0.25) is 0 Å². The fourth-order valence-electron chi connectivity index (χ4n) is 4.07. The van der Waals surface area contributed by atoms with Crippen molar-refractivity contribution >= 4 is 27.4 Å². The molecule has 0 bridgehead atoms. The molecule has 0 saturated carbocycles. The lowest BCUT2D eigenvalue weighted by atomic mass is 10.1. The number of carbonyl (C=O) groups is 1. The number of rotatable bonds is 7. The summed E-state index contributed by atoms with van der Waals surface area (Å²) in [7, 11) is -4.05. The van der Waals surface area contributed by atoms with Gasteiger partial charge < -0.3 is 10.0 Å².